The molecule has 0 saturated carbocycles. The molecule has 0 radical (unpaired) electrons. The van der Waals surface area contributed by atoms with Crippen molar-refractivity contribution in [3.8, 4) is 28.7 Å². The molecule has 8 nitrogen and oxygen atoms in total. The Balaban J connectivity index is 1.18. The van der Waals surface area contributed by atoms with Gasteiger partial charge < -0.3 is 14.4 Å². The Morgan fingerprint density at radius 2 is 1.70 bits per heavy atom. The normalized spacial score (nSPS) is 13.9. The Morgan fingerprint density at radius 3 is 2.39 bits per heavy atom. The SMILES string of the molecule is COc1cc2cc(C)[n+](-c3nc(SCCCN4CCN(c5cccc(Cl)c5)CC4)n[nH]3)c(-c3ccc(C(C)C)cc3)c2cc1OC. The molecule has 0 amide bonds. The van der Waals surface area contributed by atoms with Crippen molar-refractivity contribution in [2.45, 2.75) is 38.3 Å². The summed E-state index contributed by atoms with van der Waals surface area (Å²) in [5.41, 5.74) is 5.65. The number of pyridine rings is 1. The number of hydrogen-bond acceptors (Lipinski definition) is 7. The second-order valence-electron chi connectivity index (χ2n) is 12.0. The molecule has 0 bridgehead atoms. The van der Waals surface area contributed by atoms with Gasteiger partial charge in [-0.05, 0) is 78.1 Å². The van der Waals surface area contributed by atoms with Crippen LogP contribution in [0.3, 0.4) is 0 Å². The lowest BCUT2D eigenvalue weighted by Crippen LogP contribution is -2.46. The summed E-state index contributed by atoms with van der Waals surface area (Å²) in [7, 11) is 3.34. The zero-order valence-corrected chi connectivity index (χ0v) is 28.8. The summed E-state index contributed by atoms with van der Waals surface area (Å²) in [6, 6.07) is 23.2. The van der Waals surface area contributed by atoms with E-state index in [-0.39, 0.29) is 0 Å². The van der Waals surface area contributed by atoms with Gasteiger partial charge in [0.1, 0.15) is 5.69 Å². The van der Waals surface area contributed by atoms with Gasteiger partial charge in [0.15, 0.2) is 11.5 Å². The average molecular weight is 658 g/mol. The lowest BCUT2D eigenvalue weighted by Gasteiger charge is -2.36. The maximum atomic E-state index is 6.20. The molecule has 5 aromatic rings. The maximum absolute atomic E-state index is 6.20. The fraction of sp³-hybridized carbons (Fsp3) is 0.361. The number of methoxy groups -OCH3 is 2. The number of benzene rings is 3. The van der Waals surface area contributed by atoms with Gasteiger partial charge in [-0.25, -0.2) is 0 Å². The van der Waals surface area contributed by atoms with Crippen LogP contribution in [0.15, 0.2) is 71.9 Å². The van der Waals surface area contributed by atoms with Gasteiger partial charge in [0.25, 0.3) is 5.16 Å². The van der Waals surface area contributed by atoms with Crippen molar-refractivity contribution in [3.63, 3.8) is 0 Å². The Labute approximate surface area is 280 Å². The Morgan fingerprint density at radius 1 is 0.957 bits per heavy atom. The number of hydrogen-bond donors (Lipinski definition) is 1. The van der Waals surface area contributed by atoms with Crippen molar-refractivity contribution >= 4 is 39.8 Å². The molecule has 3 heterocycles. The fourth-order valence-corrected chi connectivity index (χ4v) is 7.05. The molecule has 1 saturated heterocycles. The first-order valence-corrected chi connectivity index (χ1v) is 17.2. The second-order valence-corrected chi connectivity index (χ2v) is 13.5. The molecule has 0 atom stereocenters. The van der Waals surface area contributed by atoms with Crippen molar-refractivity contribution < 1.29 is 14.0 Å². The number of halogens is 1. The maximum Gasteiger partial charge on any atom is 0.423 e. The first-order valence-electron chi connectivity index (χ1n) is 15.8. The number of fused-ring (bicyclic) bond motifs is 1. The van der Waals surface area contributed by atoms with E-state index in [1.807, 2.05) is 18.2 Å². The summed E-state index contributed by atoms with van der Waals surface area (Å²) >= 11 is 7.90. The molecule has 1 N–H and O–H groups in total. The second kappa shape index (κ2) is 14.3. The zero-order chi connectivity index (χ0) is 32.2. The third-order valence-corrected chi connectivity index (χ3v) is 9.83. The van der Waals surface area contributed by atoms with Crippen LogP contribution in [-0.2, 0) is 0 Å². The molecule has 1 fully saturated rings. The van der Waals surface area contributed by atoms with E-state index in [0.29, 0.717) is 23.4 Å². The number of aromatic nitrogens is 4. The number of aromatic amines is 1. The monoisotopic (exact) mass is 657 g/mol. The number of rotatable bonds is 11. The van der Waals surface area contributed by atoms with E-state index >= 15 is 0 Å². The molecule has 1 aliphatic heterocycles. The van der Waals surface area contributed by atoms with Crippen LogP contribution in [-0.4, -0.2) is 72.8 Å². The molecule has 240 valence electrons. The van der Waals surface area contributed by atoms with Gasteiger partial charge in [-0.1, -0.05) is 72.6 Å². The lowest BCUT2D eigenvalue weighted by atomic mass is 9.97. The van der Waals surface area contributed by atoms with Gasteiger partial charge in [0.05, 0.1) is 19.9 Å². The zero-order valence-electron chi connectivity index (χ0n) is 27.2. The quantitative estimate of drug-likeness (QED) is 0.0908. The molecule has 1 aliphatic rings. The predicted molar refractivity (Wildman–Crippen MR) is 188 cm³/mol. The molecule has 0 unspecified atom stereocenters. The summed E-state index contributed by atoms with van der Waals surface area (Å²) < 4.78 is 13.5. The summed E-state index contributed by atoms with van der Waals surface area (Å²) in [6.45, 7) is 11.7. The van der Waals surface area contributed by atoms with Gasteiger partial charge in [-0.2, -0.15) is 4.57 Å². The highest BCUT2D eigenvalue weighted by molar-refractivity contribution is 7.99. The molecule has 3 aromatic carbocycles. The summed E-state index contributed by atoms with van der Waals surface area (Å²) in [6.07, 6.45) is 1.07. The number of nitrogens with zero attached hydrogens (tertiary/aromatic N) is 5. The lowest BCUT2D eigenvalue weighted by molar-refractivity contribution is -0.597. The molecule has 6 rings (SSSR count). The number of anilines is 1. The van der Waals surface area contributed by atoms with Crippen LogP contribution in [0.25, 0.3) is 28.0 Å². The third kappa shape index (κ3) is 6.97. The van der Waals surface area contributed by atoms with Crippen LogP contribution in [0.5, 0.6) is 11.5 Å². The molecule has 0 spiro atoms. The molecule has 0 aliphatic carbocycles. The van der Waals surface area contributed by atoms with E-state index in [1.54, 1.807) is 26.0 Å². The highest BCUT2D eigenvalue weighted by atomic mass is 35.5. The van der Waals surface area contributed by atoms with Gasteiger partial charge in [-0.15, -0.1) is 5.10 Å². The van der Waals surface area contributed by atoms with Crippen LogP contribution in [0.4, 0.5) is 5.69 Å². The molecule has 10 heteroatoms. The van der Waals surface area contributed by atoms with Gasteiger partial charge >= 0.3 is 5.95 Å². The summed E-state index contributed by atoms with van der Waals surface area (Å²) in [5.74, 6) is 3.48. The van der Waals surface area contributed by atoms with Crippen molar-refractivity contribution in [2.75, 3.05) is 57.6 Å². The highest BCUT2D eigenvalue weighted by Crippen LogP contribution is 2.37. The minimum Gasteiger partial charge on any atom is -0.493 e. The molecular weight excluding hydrogens is 616 g/mol. The van der Waals surface area contributed by atoms with Crippen LogP contribution in [0.2, 0.25) is 5.02 Å². The Hall–Kier alpha value is -3.79. The smallest absolute Gasteiger partial charge is 0.423 e. The Kier molecular flexibility index (Phi) is 10.0. The van der Waals surface area contributed by atoms with Gasteiger partial charge in [0.2, 0.25) is 0 Å². The standard InChI is InChI=1S/C36H42ClN6O2S/c1-24(2)26-10-12-27(13-11-26)34-31-23-33(45-5)32(44-4)21-28(31)20-25(3)43(34)35-38-36(40-39-35)46-19-7-14-41-15-17-42(18-16-41)30-9-6-8-29(37)22-30/h6,8-13,20-24H,7,14-19H2,1-5H3,(H,38,39,40)/q+1. The van der Waals surface area contributed by atoms with Crippen molar-refractivity contribution in [1.82, 2.24) is 20.1 Å². The number of piperazine rings is 1. The number of aryl methyl sites for hydroxylation is 1. The van der Waals surface area contributed by atoms with Crippen LogP contribution >= 0.6 is 23.4 Å². The highest BCUT2D eigenvalue weighted by Gasteiger charge is 2.25. The minimum atomic E-state index is 0.451. The van der Waals surface area contributed by atoms with E-state index in [1.165, 1.54) is 11.3 Å². The van der Waals surface area contributed by atoms with Gasteiger partial charge in [0, 0.05) is 53.6 Å². The Bertz CT molecular complexity index is 1800. The van der Waals surface area contributed by atoms with Gasteiger partial charge in [-0.3, -0.25) is 4.90 Å². The third-order valence-electron chi connectivity index (χ3n) is 8.66. The van der Waals surface area contributed by atoms with E-state index < -0.39 is 0 Å². The van der Waals surface area contributed by atoms with E-state index in [0.717, 1.165) is 82.8 Å². The molecular formula is C36H42ClN6O2S+. The van der Waals surface area contributed by atoms with E-state index in [9.17, 15) is 0 Å². The fourth-order valence-electron chi connectivity index (χ4n) is 6.15. The van der Waals surface area contributed by atoms with Crippen LogP contribution < -0.4 is 18.9 Å². The van der Waals surface area contributed by atoms with Crippen LogP contribution in [0, 0.1) is 6.92 Å². The number of ether oxygens (including phenoxy) is 2. The minimum absolute atomic E-state index is 0.451. The number of nitrogens with one attached hydrogen (secondary N) is 1. The largest absolute Gasteiger partial charge is 0.493 e. The van der Waals surface area contributed by atoms with Crippen LogP contribution in [0.1, 0.15) is 37.4 Å². The van der Waals surface area contributed by atoms with E-state index in [2.05, 4.69) is 93.9 Å². The topological polar surface area (TPSA) is 70.4 Å². The van der Waals surface area contributed by atoms with E-state index in [4.69, 9.17) is 26.1 Å². The number of H-pyrrole nitrogens is 1. The van der Waals surface area contributed by atoms with Crippen molar-refractivity contribution in [2.24, 2.45) is 0 Å². The predicted octanol–water partition coefficient (Wildman–Crippen LogP) is 7.31. The number of thioether (sulfide) groups is 1. The summed E-state index contributed by atoms with van der Waals surface area (Å²) in [4.78, 5) is 9.92. The van der Waals surface area contributed by atoms with Crippen molar-refractivity contribution in [3.05, 3.63) is 83.0 Å². The molecule has 46 heavy (non-hydrogen) atoms. The van der Waals surface area contributed by atoms with Crippen molar-refractivity contribution in [1.29, 1.82) is 0 Å². The summed E-state index contributed by atoms with van der Waals surface area (Å²) in [5, 5.41) is 11.5. The first kappa shape index (κ1) is 32.2. The average Bonchev–Trinajstić information content (AvgIpc) is 3.54. The molecule has 2 aromatic heterocycles. The first-order chi connectivity index (χ1) is 22.3.